The second-order valence-corrected chi connectivity index (χ2v) is 7.41. The van der Waals surface area contributed by atoms with Gasteiger partial charge in [-0.15, -0.1) is 0 Å². The maximum absolute atomic E-state index is 12.4. The molecule has 136 valence electrons. The van der Waals surface area contributed by atoms with Crippen molar-refractivity contribution in [2.75, 3.05) is 10.6 Å². The zero-order valence-corrected chi connectivity index (χ0v) is 16.2. The zero-order valence-electron chi connectivity index (χ0n) is 15.3. The van der Waals surface area contributed by atoms with E-state index in [1.54, 1.807) is 24.3 Å². The van der Waals surface area contributed by atoms with Crippen LogP contribution in [0.5, 0.6) is 0 Å². The largest absolute Gasteiger partial charge is 0.332 e. The highest BCUT2D eigenvalue weighted by Crippen LogP contribution is 2.22. The quantitative estimate of drug-likeness (QED) is 0.713. The minimum atomic E-state index is -0.245. The number of amides is 2. The highest BCUT2D eigenvalue weighted by Gasteiger charge is 2.14. The summed E-state index contributed by atoms with van der Waals surface area (Å²) in [6.45, 7) is 7.78. The normalized spacial score (nSPS) is 10.8. The van der Waals surface area contributed by atoms with Crippen molar-refractivity contribution >= 4 is 40.5 Å². The molecule has 2 amide bonds. The van der Waals surface area contributed by atoms with Gasteiger partial charge in [0.25, 0.3) is 5.91 Å². The van der Waals surface area contributed by atoms with E-state index < -0.39 is 0 Å². The lowest BCUT2D eigenvalue weighted by molar-refractivity contribution is -0.117. The molecule has 0 heterocycles. The van der Waals surface area contributed by atoms with Crippen molar-refractivity contribution in [3.8, 4) is 0 Å². The van der Waals surface area contributed by atoms with Crippen LogP contribution in [0.3, 0.4) is 0 Å². The molecule has 0 atom stereocenters. The summed E-state index contributed by atoms with van der Waals surface area (Å²) in [7, 11) is 0. The van der Waals surface area contributed by atoms with Gasteiger partial charge in [-0.05, 0) is 53.5 Å². The van der Waals surface area contributed by atoms with Crippen LogP contribution in [-0.4, -0.2) is 16.9 Å². The molecule has 0 radical (unpaired) electrons. The number of nitrogens with one attached hydrogen (secondary N) is 3. The molecule has 2 aromatic rings. The third-order valence-electron chi connectivity index (χ3n) is 3.68. The fourth-order valence-electron chi connectivity index (χ4n) is 2.32. The topological polar surface area (TPSA) is 70.2 Å². The first kappa shape index (κ1) is 19.6. The summed E-state index contributed by atoms with van der Waals surface area (Å²) >= 11 is 5.03. The summed E-state index contributed by atoms with van der Waals surface area (Å²) in [4.78, 5) is 23.4. The molecule has 0 saturated carbocycles. The molecule has 0 aliphatic carbocycles. The van der Waals surface area contributed by atoms with Crippen molar-refractivity contribution in [2.24, 2.45) is 0 Å². The molecule has 0 aliphatic rings. The van der Waals surface area contributed by atoms with E-state index in [-0.39, 0.29) is 22.3 Å². The van der Waals surface area contributed by atoms with Gasteiger partial charge in [0.2, 0.25) is 5.91 Å². The van der Waals surface area contributed by atoms with Gasteiger partial charge in [-0.25, -0.2) is 0 Å². The van der Waals surface area contributed by atoms with Crippen molar-refractivity contribution in [1.29, 1.82) is 0 Å². The van der Waals surface area contributed by atoms with Crippen LogP contribution >= 0.6 is 12.2 Å². The van der Waals surface area contributed by atoms with Crippen LogP contribution in [0.25, 0.3) is 0 Å². The molecule has 0 aromatic heterocycles. The minimum absolute atomic E-state index is 0.0430. The molecule has 0 unspecified atom stereocenters. The van der Waals surface area contributed by atoms with Crippen LogP contribution in [-0.2, 0) is 10.2 Å². The second kappa shape index (κ2) is 8.10. The Balaban J connectivity index is 2.06. The monoisotopic (exact) mass is 369 g/mol. The van der Waals surface area contributed by atoms with E-state index in [0.29, 0.717) is 16.9 Å². The molecule has 0 aliphatic heterocycles. The molecular formula is C20H23N3O2S. The highest BCUT2D eigenvalue weighted by molar-refractivity contribution is 7.80. The lowest BCUT2D eigenvalue weighted by Crippen LogP contribution is -2.32. The van der Waals surface area contributed by atoms with Crippen molar-refractivity contribution in [3.63, 3.8) is 0 Å². The van der Waals surface area contributed by atoms with Crippen molar-refractivity contribution in [3.05, 3.63) is 59.7 Å². The summed E-state index contributed by atoms with van der Waals surface area (Å²) in [6.07, 6.45) is 0. The average molecular weight is 369 g/mol. The first-order valence-electron chi connectivity index (χ1n) is 8.26. The van der Waals surface area contributed by atoms with Gasteiger partial charge >= 0.3 is 0 Å². The van der Waals surface area contributed by atoms with Gasteiger partial charge in [0.05, 0.1) is 0 Å². The molecular weight excluding hydrogens is 346 g/mol. The number of carbonyl (C=O) groups excluding carboxylic acids is 2. The van der Waals surface area contributed by atoms with E-state index in [4.69, 9.17) is 12.2 Å². The number of hydrogen-bond acceptors (Lipinski definition) is 3. The van der Waals surface area contributed by atoms with Crippen LogP contribution in [0, 0.1) is 0 Å². The lowest BCUT2D eigenvalue weighted by Gasteiger charge is -2.19. The van der Waals surface area contributed by atoms with E-state index in [1.165, 1.54) is 12.5 Å². The van der Waals surface area contributed by atoms with Gasteiger partial charge in [0.1, 0.15) is 0 Å². The number of hydrogen-bond donors (Lipinski definition) is 3. The molecule has 2 aromatic carbocycles. The number of thiocarbonyl (C=S) groups is 1. The van der Waals surface area contributed by atoms with Gasteiger partial charge in [-0.2, -0.15) is 0 Å². The van der Waals surface area contributed by atoms with Crippen molar-refractivity contribution < 1.29 is 9.59 Å². The van der Waals surface area contributed by atoms with E-state index in [2.05, 4.69) is 36.7 Å². The van der Waals surface area contributed by atoms with E-state index in [1.807, 2.05) is 24.3 Å². The molecule has 26 heavy (non-hydrogen) atoms. The first-order valence-corrected chi connectivity index (χ1v) is 8.66. The van der Waals surface area contributed by atoms with Gasteiger partial charge in [0, 0.05) is 23.9 Å². The van der Waals surface area contributed by atoms with Crippen LogP contribution in [0.4, 0.5) is 11.4 Å². The fourth-order valence-corrected chi connectivity index (χ4v) is 2.58. The fraction of sp³-hybridized carbons (Fsp3) is 0.250. The Hall–Kier alpha value is -2.73. The van der Waals surface area contributed by atoms with Crippen LogP contribution in [0.2, 0.25) is 0 Å². The molecule has 0 fully saturated rings. The van der Waals surface area contributed by atoms with Crippen LogP contribution in [0.1, 0.15) is 43.6 Å². The van der Waals surface area contributed by atoms with E-state index >= 15 is 0 Å². The third-order valence-corrected chi connectivity index (χ3v) is 3.89. The third kappa shape index (κ3) is 5.67. The summed E-state index contributed by atoms with van der Waals surface area (Å²) in [5.41, 5.74) is 3.11. The molecule has 0 saturated heterocycles. The second-order valence-electron chi connectivity index (χ2n) is 7.00. The smallest absolute Gasteiger partial charge is 0.255 e. The number of anilines is 2. The molecule has 2 rings (SSSR count). The van der Waals surface area contributed by atoms with Crippen LogP contribution in [0.15, 0.2) is 48.5 Å². The van der Waals surface area contributed by atoms with E-state index in [9.17, 15) is 9.59 Å². The molecule has 5 nitrogen and oxygen atoms in total. The zero-order chi connectivity index (χ0) is 19.3. The van der Waals surface area contributed by atoms with Crippen molar-refractivity contribution in [2.45, 2.75) is 33.1 Å². The Morgan fingerprint density at radius 2 is 1.50 bits per heavy atom. The summed E-state index contributed by atoms with van der Waals surface area (Å²) in [5.74, 6) is -0.433. The number of rotatable bonds is 3. The molecule has 0 spiro atoms. The Kier molecular flexibility index (Phi) is 6.10. The van der Waals surface area contributed by atoms with Gasteiger partial charge < -0.3 is 16.0 Å². The van der Waals surface area contributed by atoms with Gasteiger partial charge in [0.15, 0.2) is 5.11 Å². The average Bonchev–Trinajstić information content (AvgIpc) is 2.53. The maximum atomic E-state index is 12.4. The SMILES string of the molecule is CC(=O)NC(=S)Nc1cccc(NC(=O)c2ccc(C(C)(C)C)cc2)c1. The summed E-state index contributed by atoms with van der Waals surface area (Å²) < 4.78 is 0. The lowest BCUT2D eigenvalue weighted by atomic mass is 9.87. The van der Waals surface area contributed by atoms with Gasteiger partial charge in [-0.1, -0.05) is 39.0 Å². The summed E-state index contributed by atoms with van der Waals surface area (Å²) in [5, 5.41) is 8.46. The number of benzene rings is 2. The molecule has 0 bridgehead atoms. The van der Waals surface area contributed by atoms with Gasteiger partial charge in [-0.3, -0.25) is 9.59 Å². The minimum Gasteiger partial charge on any atom is -0.332 e. The predicted octanol–water partition coefficient (Wildman–Crippen LogP) is 4.07. The highest BCUT2D eigenvalue weighted by atomic mass is 32.1. The van der Waals surface area contributed by atoms with E-state index in [0.717, 1.165) is 0 Å². The Labute approximate surface area is 159 Å². The Bertz CT molecular complexity index is 824. The van der Waals surface area contributed by atoms with Crippen molar-refractivity contribution in [1.82, 2.24) is 5.32 Å². The summed E-state index contributed by atoms with van der Waals surface area (Å²) in [6, 6.07) is 14.7. The first-order chi connectivity index (χ1) is 12.1. The molecule has 6 heteroatoms. The number of carbonyl (C=O) groups is 2. The predicted molar refractivity (Wildman–Crippen MR) is 110 cm³/mol. The Morgan fingerprint density at radius 1 is 0.923 bits per heavy atom. The maximum Gasteiger partial charge on any atom is 0.255 e. The van der Waals surface area contributed by atoms with Crippen LogP contribution < -0.4 is 16.0 Å². The molecule has 3 N–H and O–H groups in total. The standard InChI is InChI=1S/C20H23N3O2S/c1-13(24)21-19(26)23-17-7-5-6-16(12-17)22-18(25)14-8-10-15(11-9-14)20(2,3)4/h5-12H,1-4H3,(H,22,25)(H2,21,23,24,26). The Morgan fingerprint density at radius 3 is 2.04 bits per heavy atom.